The Bertz CT molecular complexity index is 819. The number of carboxylic acids is 1. The second-order valence-corrected chi connectivity index (χ2v) is 7.53. The van der Waals surface area contributed by atoms with E-state index in [-0.39, 0.29) is 12.5 Å². The second-order valence-electron chi connectivity index (χ2n) is 5.76. The van der Waals surface area contributed by atoms with Gasteiger partial charge in [-0.15, -0.1) is 0 Å². The molecule has 0 unspecified atom stereocenters. The van der Waals surface area contributed by atoms with Crippen molar-refractivity contribution in [3.8, 4) is 5.75 Å². The molecule has 0 aliphatic carbocycles. The highest BCUT2D eigenvalue weighted by Crippen LogP contribution is 2.27. The van der Waals surface area contributed by atoms with Crippen LogP contribution in [0.2, 0.25) is 10.0 Å². The van der Waals surface area contributed by atoms with Crippen LogP contribution in [0.15, 0.2) is 52.5 Å². The van der Waals surface area contributed by atoms with Gasteiger partial charge in [-0.25, -0.2) is 4.72 Å². The van der Waals surface area contributed by atoms with Gasteiger partial charge in [-0.1, -0.05) is 40.9 Å². The summed E-state index contributed by atoms with van der Waals surface area (Å²) in [6.07, 6.45) is 0.727. The standard InChI is InChI=1S/C11H17N3O2.C8H7Cl2NO2S/c1-9-3-5-10(6-4-9)15-7-2-8-16-14-11(12)13;9-5-1-2-6(10)7(3-5)14-11-4-8(12)13/h3-6H,2,7-8H2,1H3,(H4,12,13,14);1-3,11H,4H2,(H,12,13). The van der Waals surface area contributed by atoms with E-state index in [2.05, 4.69) is 9.88 Å². The zero-order chi connectivity index (χ0) is 22.4. The predicted molar refractivity (Wildman–Crippen MR) is 121 cm³/mol. The van der Waals surface area contributed by atoms with Crippen molar-refractivity contribution in [1.29, 1.82) is 0 Å². The molecule has 8 nitrogen and oxygen atoms in total. The summed E-state index contributed by atoms with van der Waals surface area (Å²) >= 11 is 12.7. The van der Waals surface area contributed by atoms with Gasteiger partial charge in [0.2, 0.25) is 5.96 Å². The predicted octanol–water partition coefficient (Wildman–Crippen LogP) is 3.64. The molecular weight excluding hydrogens is 451 g/mol. The average Bonchev–Trinajstić information content (AvgIpc) is 2.69. The van der Waals surface area contributed by atoms with Gasteiger partial charge in [0.15, 0.2) is 0 Å². The van der Waals surface area contributed by atoms with Crippen LogP contribution in [0.5, 0.6) is 5.75 Å². The molecule has 164 valence electrons. The minimum Gasteiger partial charge on any atom is -0.493 e. The first-order valence-corrected chi connectivity index (χ1v) is 10.3. The molecular formula is C19H24Cl2N4O4S. The largest absolute Gasteiger partial charge is 0.493 e. The molecule has 0 fully saturated rings. The number of oxime groups is 1. The number of guanidine groups is 1. The Kier molecular flexibility index (Phi) is 12.5. The molecule has 0 atom stereocenters. The summed E-state index contributed by atoms with van der Waals surface area (Å²) < 4.78 is 8.12. The molecule has 11 heteroatoms. The Morgan fingerprint density at radius 3 is 2.50 bits per heavy atom. The van der Waals surface area contributed by atoms with Gasteiger partial charge >= 0.3 is 5.97 Å². The number of nitrogens with two attached hydrogens (primary N) is 2. The minimum absolute atomic E-state index is 0.0700. The first-order valence-electron chi connectivity index (χ1n) is 8.75. The van der Waals surface area contributed by atoms with Gasteiger partial charge < -0.3 is 26.1 Å². The van der Waals surface area contributed by atoms with Crippen molar-refractivity contribution in [2.24, 2.45) is 16.6 Å². The molecule has 6 N–H and O–H groups in total. The third-order valence-electron chi connectivity index (χ3n) is 3.14. The van der Waals surface area contributed by atoms with Gasteiger partial charge in [-0.3, -0.25) is 4.79 Å². The lowest BCUT2D eigenvalue weighted by Gasteiger charge is -2.05. The monoisotopic (exact) mass is 474 g/mol. The van der Waals surface area contributed by atoms with Crippen LogP contribution in [-0.2, 0) is 9.63 Å². The highest BCUT2D eigenvalue weighted by molar-refractivity contribution is 7.97. The summed E-state index contributed by atoms with van der Waals surface area (Å²) in [5, 5.41) is 12.9. The van der Waals surface area contributed by atoms with Crippen LogP contribution in [0, 0.1) is 6.92 Å². The van der Waals surface area contributed by atoms with E-state index in [0.29, 0.717) is 28.2 Å². The van der Waals surface area contributed by atoms with Crippen LogP contribution in [-0.4, -0.2) is 36.8 Å². The van der Waals surface area contributed by atoms with E-state index in [1.165, 1.54) is 5.56 Å². The molecule has 30 heavy (non-hydrogen) atoms. The Labute approximate surface area is 189 Å². The summed E-state index contributed by atoms with van der Waals surface area (Å²) in [5.74, 6) is -0.137. The van der Waals surface area contributed by atoms with E-state index < -0.39 is 5.97 Å². The van der Waals surface area contributed by atoms with Gasteiger partial charge in [-0.05, 0) is 54.4 Å². The highest BCUT2D eigenvalue weighted by Gasteiger charge is 2.03. The van der Waals surface area contributed by atoms with Crippen molar-refractivity contribution >= 4 is 47.1 Å². The fraction of sp³-hybridized carbons (Fsp3) is 0.263. The number of nitrogens with zero attached hydrogens (tertiary/aromatic N) is 1. The lowest BCUT2D eigenvalue weighted by Crippen LogP contribution is -2.23. The van der Waals surface area contributed by atoms with Gasteiger partial charge in [-0.2, -0.15) is 0 Å². The summed E-state index contributed by atoms with van der Waals surface area (Å²) in [6, 6.07) is 12.9. The number of ether oxygens (including phenoxy) is 1. The first kappa shape index (κ1) is 25.7. The molecule has 0 radical (unpaired) electrons. The SMILES string of the molecule is Cc1ccc(OCCCON=C(N)N)cc1.O=C(O)CNSc1cc(Cl)ccc1Cl. The molecule has 2 aromatic carbocycles. The number of aliphatic carboxylic acids is 1. The maximum absolute atomic E-state index is 10.2. The minimum atomic E-state index is -0.921. The Morgan fingerprint density at radius 2 is 1.87 bits per heavy atom. The summed E-state index contributed by atoms with van der Waals surface area (Å²) in [4.78, 5) is 15.7. The number of nitrogens with one attached hydrogen (secondary N) is 1. The van der Waals surface area contributed by atoms with Crippen molar-refractivity contribution in [1.82, 2.24) is 4.72 Å². The van der Waals surface area contributed by atoms with E-state index >= 15 is 0 Å². The molecule has 0 spiro atoms. The molecule has 0 aliphatic rings. The van der Waals surface area contributed by atoms with Crippen LogP contribution < -0.4 is 20.9 Å². The van der Waals surface area contributed by atoms with Gasteiger partial charge in [0, 0.05) is 16.3 Å². The molecule has 0 saturated carbocycles. The molecule has 0 aromatic heterocycles. The number of hydrogen-bond donors (Lipinski definition) is 4. The summed E-state index contributed by atoms with van der Waals surface area (Å²) in [6.45, 7) is 2.91. The Morgan fingerprint density at radius 1 is 1.17 bits per heavy atom. The van der Waals surface area contributed by atoms with E-state index in [0.717, 1.165) is 24.1 Å². The molecule has 0 bridgehead atoms. The van der Waals surface area contributed by atoms with Crippen molar-refractivity contribution in [3.63, 3.8) is 0 Å². The normalized spacial score (nSPS) is 9.83. The quantitative estimate of drug-likeness (QED) is 0.135. The van der Waals surface area contributed by atoms with Crippen LogP contribution in [0.25, 0.3) is 0 Å². The number of aryl methyl sites for hydroxylation is 1. The van der Waals surface area contributed by atoms with Crippen molar-refractivity contribution in [2.75, 3.05) is 19.8 Å². The first-order chi connectivity index (χ1) is 14.3. The molecule has 0 heterocycles. The van der Waals surface area contributed by atoms with Crippen molar-refractivity contribution in [3.05, 3.63) is 58.1 Å². The lowest BCUT2D eigenvalue weighted by atomic mass is 10.2. The fourth-order valence-corrected chi connectivity index (χ4v) is 2.97. The van der Waals surface area contributed by atoms with Crippen molar-refractivity contribution in [2.45, 2.75) is 18.2 Å². The van der Waals surface area contributed by atoms with E-state index in [9.17, 15) is 4.79 Å². The summed E-state index contributed by atoms with van der Waals surface area (Å²) in [5.41, 5.74) is 11.4. The van der Waals surface area contributed by atoms with Gasteiger partial charge in [0.05, 0.1) is 11.6 Å². The van der Waals surface area contributed by atoms with Crippen LogP contribution in [0.4, 0.5) is 0 Å². The molecule has 2 rings (SSSR count). The molecule has 0 saturated heterocycles. The zero-order valence-corrected chi connectivity index (χ0v) is 18.6. The van der Waals surface area contributed by atoms with Crippen LogP contribution >= 0.6 is 35.1 Å². The van der Waals surface area contributed by atoms with Crippen LogP contribution in [0.3, 0.4) is 0 Å². The summed E-state index contributed by atoms with van der Waals surface area (Å²) in [7, 11) is 0. The maximum atomic E-state index is 10.2. The number of benzene rings is 2. The fourth-order valence-electron chi connectivity index (χ4n) is 1.80. The number of rotatable bonds is 10. The lowest BCUT2D eigenvalue weighted by molar-refractivity contribution is -0.135. The Balaban J connectivity index is 0.000000303. The number of carboxylic acid groups (broad SMARTS) is 1. The number of carbonyl (C=O) groups is 1. The molecule has 0 amide bonds. The van der Waals surface area contributed by atoms with Gasteiger partial charge in [0.1, 0.15) is 18.9 Å². The molecule has 0 aliphatic heterocycles. The van der Waals surface area contributed by atoms with Gasteiger partial charge in [0.25, 0.3) is 0 Å². The maximum Gasteiger partial charge on any atom is 0.318 e. The van der Waals surface area contributed by atoms with E-state index in [4.69, 9.17) is 49.4 Å². The van der Waals surface area contributed by atoms with E-state index in [1.54, 1.807) is 18.2 Å². The zero-order valence-electron chi connectivity index (χ0n) is 16.3. The average molecular weight is 475 g/mol. The second kappa shape index (κ2) is 14.6. The van der Waals surface area contributed by atoms with Crippen molar-refractivity contribution < 1.29 is 19.5 Å². The topological polar surface area (TPSA) is 132 Å². The highest BCUT2D eigenvalue weighted by atomic mass is 35.5. The smallest absolute Gasteiger partial charge is 0.318 e. The molecule has 2 aromatic rings. The Hall–Kier alpha value is -2.33. The third kappa shape index (κ3) is 12.3. The third-order valence-corrected chi connectivity index (χ3v) is 4.66. The number of halogens is 2. The van der Waals surface area contributed by atoms with E-state index in [1.807, 2.05) is 31.2 Å². The van der Waals surface area contributed by atoms with Crippen LogP contribution in [0.1, 0.15) is 12.0 Å². The number of hydrogen-bond acceptors (Lipinski definition) is 6.